The third-order valence-corrected chi connectivity index (χ3v) is 6.31. The number of hydrogen-bond acceptors (Lipinski definition) is 5. The van der Waals surface area contributed by atoms with Crippen LogP contribution in [0.25, 0.3) is 0 Å². The standard InChI is InChI=1S/C20H25BrClFN2O4S/c1-12-4-5-17(22)19(6-12)29-11-13(26)10-25-20(2,3)9-15-16(21)7-14(8-18(15)23)30(24,27)28/h4-8,13,25-26H,9-11H2,1-3H3,(H2,24,27,28)/t13-/m0/s1. The van der Waals surface area contributed by atoms with Crippen LogP contribution in [0.15, 0.2) is 39.7 Å². The molecule has 2 aromatic carbocycles. The quantitative estimate of drug-likeness (QED) is 0.467. The molecule has 0 saturated heterocycles. The summed E-state index contributed by atoms with van der Waals surface area (Å²) in [6, 6.07) is 7.56. The van der Waals surface area contributed by atoms with Gasteiger partial charge in [-0.15, -0.1) is 0 Å². The predicted octanol–water partition coefficient (Wildman–Crippen LogP) is 3.55. The zero-order valence-corrected chi connectivity index (χ0v) is 20.0. The van der Waals surface area contributed by atoms with Gasteiger partial charge in [0.05, 0.1) is 9.92 Å². The highest BCUT2D eigenvalue weighted by Crippen LogP contribution is 2.28. The summed E-state index contributed by atoms with van der Waals surface area (Å²) in [6.45, 7) is 5.84. The van der Waals surface area contributed by atoms with Crippen molar-refractivity contribution >= 4 is 37.6 Å². The molecule has 0 aliphatic heterocycles. The number of aryl methyl sites for hydroxylation is 1. The molecular weight excluding hydrogens is 499 g/mol. The molecule has 0 spiro atoms. The minimum absolute atomic E-state index is 0.0351. The Morgan fingerprint density at radius 2 is 2.00 bits per heavy atom. The van der Waals surface area contributed by atoms with Crippen molar-refractivity contribution in [3.63, 3.8) is 0 Å². The highest BCUT2D eigenvalue weighted by molar-refractivity contribution is 9.10. The SMILES string of the molecule is Cc1ccc(Cl)c(OC[C@@H](O)CNC(C)(C)Cc2c(F)cc(S(N)(=O)=O)cc2Br)c1. The highest BCUT2D eigenvalue weighted by atomic mass is 79.9. The third-order valence-electron chi connectivity index (χ3n) is 4.40. The van der Waals surface area contributed by atoms with Gasteiger partial charge in [-0.05, 0) is 57.0 Å². The molecule has 0 bridgehead atoms. The van der Waals surface area contributed by atoms with E-state index < -0.39 is 27.5 Å². The van der Waals surface area contributed by atoms with Crippen LogP contribution in [-0.2, 0) is 16.4 Å². The number of hydrogen-bond donors (Lipinski definition) is 3. The summed E-state index contributed by atoms with van der Waals surface area (Å²) in [4.78, 5) is -0.302. The third kappa shape index (κ3) is 7.18. The van der Waals surface area contributed by atoms with E-state index in [2.05, 4.69) is 21.2 Å². The molecular formula is C20H25BrClFN2O4S. The topological polar surface area (TPSA) is 102 Å². The minimum atomic E-state index is -4.01. The number of benzene rings is 2. The monoisotopic (exact) mass is 522 g/mol. The van der Waals surface area contributed by atoms with Gasteiger partial charge in [-0.3, -0.25) is 0 Å². The van der Waals surface area contributed by atoms with Crippen LogP contribution in [0.2, 0.25) is 5.02 Å². The number of rotatable bonds is 9. The van der Waals surface area contributed by atoms with Gasteiger partial charge in [0.25, 0.3) is 0 Å². The first-order valence-corrected chi connectivity index (χ1v) is 11.8. The molecule has 0 saturated carbocycles. The van der Waals surface area contributed by atoms with Crippen LogP contribution in [-0.4, -0.2) is 38.3 Å². The number of halogens is 3. The summed E-state index contributed by atoms with van der Waals surface area (Å²) in [5.41, 5.74) is 0.690. The van der Waals surface area contributed by atoms with Crippen LogP contribution in [0, 0.1) is 12.7 Å². The van der Waals surface area contributed by atoms with Crippen molar-refractivity contribution in [1.82, 2.24) is 5.32 Å². The number of β-amino-alcohol motifs (C(OH)–C–C–N with tert-alkyl or cyclic N) is 1. The van der Waals surface area contributed by atoms with E-state index in [4.69, 9.17) is 21.5 Å². The largest absolute Gasteiger partial charge is 0.489 e. The van der Waals surface area contributed by atoms with Gasteiger partial charge >= 0.3 is 0 Å². The number of primary sulfonamides is 1. The molecule has 10 heteroatoms. The lowest BCUT2D eigenvalue weighted by molar-refractivity contribution is 0.0988. The fraction of sp³-hybridized carbons (Fsp3) is 0.400. The van der Waals surface area contributed by atoms with E-state index in [1.165, 1.54) is 6.07 Å². The van der Waals surface area contributed by atoms with Crippen LogP contribution in [0.3, 0.4) is 0 Å². The Balaban J connectivity index is 1.97. The van der Waals surface area contributed by atoms with Crippen molar-refractivity contribution in [2.75, 3.05) is 13.2 Å². The fourth-order valence-corrected chi connectivity index (χ4v) is 4.23. The maximum atomic E-state index is 14.5. The lowest BCUT2D eigenvalue weighted by Crippen LogP contribution is -2.46. The van der Waals surface area contributed by atoms with Gasteiger partial charge in [-0.2, -0.15) is 0 Å². The van der Waals surface area contributed by atoms with Crippen LogP contribution < -0.4 is 15.2 Å². The van der Waals surface area contributed by atoms with Gasteiger partial charge in [0.15, 0.2) is 0 Å². The lowest BCUT2D eigenvalue weighted by atomic mass is 9.94. The average molecular weight is 524 g/mol. The molecule has 0 radical (unpaired) electrons. The van der Waals surface area contributed by atoms with Crippen LogP contribution in [0.4, 0.5) is 4.39 Å². The molecule has 0 aromatic heterocycles. The van der Waals surface area contributed by atoms with Crippen molar-refractivity contribution in [3.8, 4) is 5.75 Å². The Kier molecular flexibility index (Phi) is 8.29. The number of ether oxygens (including phenoxy) is 1. The van der Waals surface area contributed by atoms with E-state index in [0.29, 0.717) is 20.8 Å². The lowest BCUT2D eigenvalue weighted by Gasteiger charge is -2.29. The minimum Gasteiger partial charge on any atom is -0.489 e. The number of aliphatic hydroxyl groups excluding tert-OH is 1. The molecule has 0 unspecified atom stereocenters. The maximum Gasteiger partial charge on any atom is 0.238 e. The average Bonchev–Trinajstić information content (AvgIpc) is 2.63. The van der Waals surface area contributed by atoms with Gasteiger partial charge in [0.1, 0.15) is 24.3 Å². The Morgan fingerprint density at radius 1 is 1.33 bits per heavy atom. The summed E-state index contributed by atoms with van der Waals surface area (Å²) in [7, 11) is -4.01. The molecule has 0 heterocycles. The smallest absolute Gasteiger partial charge is 0.238 e. The first-order chi connectivity index (χ1) is 13.8. The van der Waals surface area contributed by atoms with E-state index in [0.717, 1.165) is 11.6 Å². The summed E-state index contributed by atoms with van der Waals surface area (Å²) in [5.74, 6) is -0.183. The summed E-state index contributed by atoms with van der Waals surface area (Å²) in [6.07, 6.45) is -0.583. The number of nitrogens with one attached hydrogen (secondary N) is 1. The van der Waals surface area contributed by atoms with Crippen molar-refractivity contribution in [2.45, 2.75) is 43.7 Å². The Labute approximate surface area is 189 Å². The number of sulfonamides is 1. The molecule has 2 rings (SSSR count). The van der Waals surface area contributed by atoms with Crippen LogP contribution in [0.1, 0.15) is 25.0 Å². The molecule has 166 valence electrons. The van der Waals surface area contributed by atoms with Gasteiger partial charge < -0.3 is 15.2 Å². The molecule has 0 aliphatic carbocycles. The van der Waals surface area contributed by atoms with Crippen molar-refractivity contribution in [2.24, 2.45) is 5.14 Å². The van der Waals surface area contributed by atoms with Crippen molar-refractivity contribution < 1.29 is 22.7 Å². The molecule has 30 heavy (non-hydrogen) atoms. The van der Waals surface area contributed by atoms with Crippen LogP contribution >= 0.6 is 27.5 Å². The second-order valence-corrected chi connectivity index (χ2v) is 10.6. The van der Waals surface area contributed by atoms with E-state index in [1.807, 2.05) is 26.8 Å². The van der Waals surface area contributed by atoms with E-state index in [9.17, 15) is 17.9 Å². The Bertz CT molecular complexity index is 995. The first kappa shape index (κ1) is 25.0. The fourth-order valence-electron chi connectivity index (χ4n) is 2.78. The second kappa shape index (κ2) is 9.93. The zero-order chi connectivity index (χ0) is 22.7. The van der Waals surface area contributed by atoms with Crippen LogP contribution in [0.5, 0.6) is 5.75 Å². The van der Waals surface area contributed by atoms with Crippen molar-refractivity contribution in [3.05, 3.63) is 56.8 Å². The summed E-state index contributed by atoms with van der Waals surface area (Å²) in [5, 5.41) is 18.9. The molecule has 2 aromatic rings. The normalized spacial score (nSPS) is 13.3. The predicted molar refractivity (Wildman–Crippen MR) is 119 cm³/mol. The van der Waals surface area contributed by atoms with E-state index in [-0.39, 0.29) is 24.5 Å². The summed E-state index contributed by atoms with van der Waals surface area (Å²) >= 11 is 9.30. The molecule has 0 amide bonds. The van der Waals surface area contributed by atoms with E-state index in [1.54, 1.807) is 12.1 Å². The molecule has 1 atom stereocenters. The van der Waals surface area contributed by atoms with Gasteiger partial charge in [0, 0.05) is 22.1 Å². The zero-order valence-electron chi connectivity index (χ0n) is 16.9. The first-order valence-electron chi connectivity index (χ1n) is 9.11. The number of nitrogens with two attached hydrogens (primary N) is 1. The van der Waals surface area contributed by atoms with Crippen molar-refractivity contribution in [1.29, 1.82) is 0 Å². The highest BCUT2D eigenvalue weighted by Gasteiger charge is 2.24. The van der Waals surface area contributed by atoms with E-state index >= 15 is 0 Å². The second-order valence-electron chi connectivity index (χ2n) is 7.75. The van der Waals surface area contributed by atoms with Gasteiger partial charge in [0.2, 0.25) is 10.0 Å². The molecule has 4 N–H and O–H groups in total. The number of aliphatic hydroxyl groups is 1. The molecule has 0 fully saturated rings. The Hall–Kier alpha value is -1.23. The van der Waals surface area contributed by atoms with Gasteiger partial charge in [-0.25, -0.2) is 17.9 Å². The summed E-state index contributed by atoms with van der Waals surface area (Å²) < 4.78 is 43.3. The Morgan fingerprint density at radius 3 is 2.60 bits per heavy atom. The molecule has 6 nitrogen and oxygen atoms in total. The van der Waals surface area contributed by atoms with Gasteiger partial charge in [-0.1, -0.05) is 33.6 Å². The maximum absolute atomic E-state index is 14.5. The molecule has 0 aliphatic rings.